The zero-order chi connectivity index (χ0) is 26.8. The number of nitrogens with two attached hydrogens (primary N) is 1. The van der Waals surface area contributed by atoms with E-state index in [4.69, 9.17) is 24.4 Å². The van der Waals surface area contributed by atoms with Gasteiger partial charge in [-0.25, -0.2) is 4.57 Å². The van der Waals surface area contributed by atoms with Gasteiger partial charge in [0, 0.05) is 0 Å². The van der Waals surface area contributed by atoms with E-state index in [0.717, 1.165) is 12.1 Å². The number of phosphoric ester groups is 1. The maximum absolute atomic E-state index is 13.6. The van der Waals surface area contributed by atoms with Gasteiger partial charge in [-0.1, -0.05) is 18.2 Å². The summed E-state index contributed by atoms with van der Waals surface area (Å²) in [5.41, 5.74) is 4.63. The Morgan fingerprint density at radius 2 is 1.69 bits per heavy atom. The molecule has 2 aromatic carbocycles. The van der Waals surface area contributed by atoms with Crippen molar-refractivity contribution in [3.05, 3.63) is 59.2 Å². The summed E-state index contributed by atoms with van der Waals surface area (Å²) in [5.74, 6) is -0.770. The predicted molar refractivity (Wildman–Crippen MR) is 115 cm³/mol. The van der Waals surface area contributed by atoms with E-state index in [1.54, 1.807) is 6.07 Å². The Balaban J connectivity index is 1.57. The first-order valence-corrected chi connectivity index (χ1v) is 12.2. The number of alkyl halides is 6. The first kappa shape index (κ1) is 28.3. The molecule has 36 heavy (non-hydrogen) atoms. The minimum Gasteiger partial charge on any atom is -0.493 e. The molecule has 0 radical (unpaired) electrons. The van der Waals surface area contributed by atoms with Crippen LogP contribution in [0.15, 0.2) is 42.5 Å². The Hall–Kier alpha value is -2.31. The lowest BCUT2D eigenvalue weighted by Crippen LogP contribution is -2.54. The third kappa shape index (κ3) is 8.10. The highest BCUT2D eigenvalue weighted by Gasteiger charge is 2.50. The molecule has 1 atom stereocenters. The summed E-state index contributed by atoms with van der Waals surface area (Å²) in [6.45, 7) is 1.38. The standard InChI is InChI=1S/C22H24F6NO6P/c1-20(29,19-34-36(30,31)35-19)10-9-15-7-8-18(17(13-15)21(23,24)25)32-11-3-5-14-4-2-6-16(12-14)33-22(26,27)28/h2,4,6-8,12-13,19H,3,5,9-11,29H2,1H3,(H,30,31). The summed E-state index contributed by atoms with van der Waals surface area (Å²) in [4.78, 5) is 9.06. The van der Waals surface area contributed by atoms with Crippen LogP contribution in [0.25, 0.3) is 0 Å². The largest absolute Gasteiger partial charge is 0.573 e. The van der Waals surface area contributed by atoms with Gasteiger partial charge >= 0.3 is 20.4 Å². The van der Waals surface area contributed by atoms with Crippen molar-refractivity contribution < 1.29 is 54.3 Å². The lowest BCUT2D eigenvalue weighted by atomic mass is 9.93. The van der Waals surface area contributed by atoms with Crippen LogP contribution in [-0.4, -0.2) is 29.7 Å². The van der Waals surface area contributed by atoms with Gasteiger partial charge in [-0.15, -0.1) is 13.2 Å². The van der Waals surface area contributed by atoms with Gasteiger partial charge in [0.25, 0.3) is 0 Å². The molecule has 3 N–H and O–H groups in total. The Morgan fingerprint density at radius 3 is 2.31 bits per heavy atom. The Kier molecular flexibility index (Phi) is 8.31. The summed E-state index contributed by atoms with van der Waals surface area (Å²) >= 11 is 0. The fourth-order valence-corrected chi connectivity index (χ4v) is 4.44. The van der Waals surface area contributed by atoms with Crippen molar-refractivity contribution in [1.29, 1.82) is 0 Å². The van der Waals surface area contributed by atoms with Crippen LogP contribution in [0.4, 0.5) is 26.3 Å². The van der Waals surface area contributed by atoms with Crippen LogP contribution in [0.3, 0.4) is 0 Å². The maximum atomic E-state index is 13.6. The molecule has 14 heteroatoms. The summed E-state index contributed by atoms with van der Waals surface area (Å²) in [5, 5.41) is 0. The van der Waals surface area contributed by atoms with Crippen molar-refractivity contribution in [2.75, 3.05) is 6.61 Å². The molecule has 1 saturated heterocycles. The van der Waals surface area contributed by atoms with Crippen molar-refractivity contribution in [2.45, 2.75) is 57.0 Å². The topological polar surface area (TPSA) is 100 Å². The zero-order valence-electron chi connectivity index (χ0n) is 18.9. The molecular weight excluding hydrogens is 519 g/mol. The summed E-state index contributed by atoms with van der Waals surface area (Å²) < 4.78 is 108. The van der Waals surface area contributed by atoms with Gasteiger partial charge in [-0.05, 0) is 68.0 Å². The van der Waals surface area contributed by atoms with Gasteiger partial charge in [-0.2, -0.15) is 13.2 Å². The monoisotopic (exact) mass is 543 g/mol. The fourth-order valence-electron chi connectivity index (χ4n) is 3.46. The third-order valence-corrected chi connectivity index (χ3v) is 6.21. The zero-order valence-corrected chi connectivity index (χ0v) is 19.8. The second-order valence-electron chi connectivity index (χ2n) is 8.49. The van der Waals surface area contributed by atoms with Gasteiger partial charge < -0.3 is 20.1 Å². The molecule has 3 rings (SSSR count). The number of rotatable bonds is 10. The molecule has 1 fully saturated rings. The number of ether oxygens (including phenoxy) is 2. The molecule has 200 valence electrons. The first-order chi connectivity index (χ1) is 16.5. The van der Waals surface area contributed by atoms with Gasteiger partial charge in [0.2, 0.25) is 0 Å². The quantitative estimate of drug-likeness (QED) is 0.224. The van der Waals surface area contributed by atoms with E-state index in [1.165, 1.54) is 31.2 Å². The van der Waals surface area contributed by atoms with E-state index in [0.29, 0.717) is 11.1 Å². The third-order valence-electron chi connectivity index (χ3n) is 5.30. The highest BCUT2D eigenvalue weighted by molar-refractivity contribution is 7.48. The molecular formula is C22H24F6NO6P. The van der Waals surface area contributed by atoms with E-state index >= 15 is 0 Å². The van der Waals surface area contributed by atoms with E-state index in [9.17, 15) is 30.9 Å². The SMILES string of the molecule is CC(N)(CCc1ccc(OCCCc2cccc(OC(F)(F)F)c2)c(C(F)(F)F)c1)C1OP(=O)(O)O1. The molecule has 0 spiro atoms. The number of phosphoric acid groups is 1. The van der Waals surface area contributed by atoms with E-state index in [-0.39, 0.29) is 43.8 Å². The van der Waals surface area contributed by atoms with E-state index in [2.05, 4.69) is 4.74 Å². The maximum Gasteiger partial charge on any atom is 0.573 e. The average molecular weight is 543 g/mol. The van der Waals surface area contributed by atoms with Crippen molar-refractivity contribution >= 4 is 7.82 Å². The smallest absolute Gasteiger partial charge is 0.493 e. The van der Waals surface area contributed by atoms with Crippen LogP contribution >= 0.6 is 7.82 Å². The number of hydrogen-bond acceptors (Lipinski definition) is 6. The second kappa shape index (κ2) is 10.6. The van der Waals surface area contributed by atoms with Crippen LogP contribution in [0.1, 0.15) is 36.5 Å². The minimum absolute atomic E-state index is 0.103. The number of benzene rings is 2. The molecule has 7 nitrogen and oxygen atoms in total. The average Bonchev–Trinajstić information content (AvgIpc) is 2.72. The lowest BCUT2D eigenvalue weighted by molar-refractivity contribution is -0.274. The van der Waals surface area contributed by atoms with Crippen LogP contribution in [-0.2, 0) is 32.6 Å². The molecule has 1 heterocycles. The lowest BCUT2D eigenvalue weighted by Gasteiger charge is -2.40. The normalized spacial score (nSPS) is 22.0. The van der Waals surface area contributed by atoms with Gasteiger partial charge in [0.05, 0.1) is 17.7 Å². The van der Waals surface area contributed by atoms with Crippen LogP contribution in [0.5, 0.6) is 11.5 Å². The van der Waals surface area contributed by atoms with Crippen LogP contribution in [0, 0.1) is 0 Å². The molecule has 1 aliphatic rings. The predicted octanol–water partition coefficient (Wildman–Crippen LogP) is 5.74. The molecule has 0 amide bonds. The fraction of sp³-hybridized carbons (Fsp3) is 0.455. The number of aryl methyl sites for hydroxylation is 2. The highest BCUT2D eigenvalue weighted by atomic mass is 31.2. The molecule has 1 aliphatic heterocycles. The van der Waals surface area contributed by atoms with Crippen molar-refractivity contribution in [1.82, 2.24) is 0 Å². The van der Waals surface area contributed by atoms with E-state index in [1.807, 2.05) is 0 Å². The Labute approximate surface area is 202 Å². The summed E-state index contributed by atoms with van der Waals surface area (Å²) in [7, 11) is -4.09. The summed E-state index contributed by atoms with van der Waals surface area (Å²) in [6.07, 6.45) is -9.97. The minimum atomic E-state index is -4.83. The molecule has 0 aromatic heterocycles. The number of halogens is 6. The van der Waals surface area contributed by atoms with Crippen molar-refractivity contribution in [3.63, 3.8) is 0 Å². The highest BCUT2D eigenvalue weighted by Crippen LogP contribution is 2.58. The van der Waals surface area contributed by atoms with Crippen molar-refractivity contribution in [2.24, 2.45) is 5.73 Å². The molecule has 2 aromatic rings. The molecule has 0 bridgehead atoms. The number of hydrogen-bond donors (Lipinski definition) is 2. The van der Waals surface area contributed by atoms with Gasteiger partial charge in [0.15, 0.2) is 6.29 Å². The molecule has 1 unspecified atom stereocenters. The second-order valence-corrected chi connectivity index (χ2v) is 9.85. The first-order valence-electron chi connectivity index (χ1n) is 10.7. The van der Waals surface area contributed by atoms with E-state index < -0.39 is 37.8 Å². The Bertz CT molecular complexity index is 1100. The Morgan fingerprint density at radius 1 is 1.03 bits per heavy atom. The van der Waals surface area contributed by atoms with Crippen LogP contribution in [0.2, 0.25) is 0 Å². The van der Waals surface area contributed by atoms with Crippen molar-refractivity contribution in [3.8, 4) is 11.5 Å². The van der Waals surface area contributed by atoms with Gasteiger partial charge in [0.1, 0.15) is 11.5 Å². The summed E-state index contributed by atoms with van der Waals surface area (Å²) in [6, 6.07) is 8.87. The molecule has 0 saturated carbocycles. The van der Waals surface area contributed by atoms with Gasteiger partial charge in [-0.3, -0.25) is 9.05 Å². The van der Waals surface area contributed by atoms with Crippen LogP contribution < -0.4 is 15.2 Å². The molecule has 0 aliphatic carbocycles.